The molecule has 0 unspecified atom stereocenters. The molecule has 3 rings (SSSR count). The molecule has 0 bridgehead atoms. The van der Waals surface area contributed by atoms with Crippen LogP contribution in [-0.4, -0.2) is 0 Å². The highest BCUT2D eigenvalue weighted by Crippen LogP contribution is 2.49. The van der Waals surface area contributed by atoms with Crippen molar-refractivity contribution < 1.29 is 0 Å². The first kappa shape index (κ1) is 24.6. The fraction of sp³-hybridized carbons (Fsp3) is 0.407. The van der Waals surface area contributed by atoms with Gasteiger partial charge in [0.05, 0.1) is 5.70 Å². The summed E-state index contributed by atoms with van der Waals surface area (Å²) in [5.74, 6) is 2.43. The largest absolute Gasteiger partial charge is 0.145 e. The maximum absolute atomic E-state index is 10.3. The van der Waals surface area contributed by atoms with Crippen LogP contribution in [0.3, 0.4) is 0 Å². The minimum Gasteiger partial charge on any atom is -0.145 e. The summed E-state index contributed by atoms with van der Waals surface area (Å²) in [5.41, 5.74) is 4.39. The third-order valence-corrected chi connectivity index (χ3v) is 5.36. The molecule has 0 spiro atoms. The van der Waals surface area contributed by atoms with Crippen LogP contribution in [0.4, 0.5) is 0 Å². The van der Waals surface area contributed by atoms with E-state index in [0.29, 0.717) is 5.70 Å². The summed E-state index contributed by atoms with van der Waals surface area (Å²) in [6.07, 6.45) is 14.8. The summed E-state index contributed by atoms with van der Waals surface area (Å²) in [5, 5.41) is 2.85. The molecule has 0 amide bonds. The average molecular weight is 392 g/mol. The fourth-order valence-electron chi connectivity index (χ4n) is 3.14. The van der Waals surface area contributed by atoms with Crippen molar-refractivity contribution in [2.75, 3.05) is 0 Å². The number of fused-ring (bicyclic) bond motifs is 1. The highest BCUT2D eigenvalue weighted by molar-refractivity contribution is 5.76. The van der Waals surface area contributed by atoms with E-state index in [1.807, 2.05) is 55.5 Å². The fourth-order valence-corrected chi connectivity index (χ4v) is 3.14. The molecular weight excluding hydrogens is 354 g/mol. The van der Waals surface area contributed by atoms with Crippen LogP contribution in [0, 0.1) is 16.7 Å². The van der Waals surface area contributed by atoms with Crippen molar-refractivity contribution in [2.45, 2.75) is 59.8 Å². The molecule has 2 nitrogen and oxygen atoms in total. The molecule has 0 aliphatic heterocycles. The van der Waals surface area contributed by atoms with Crippen molar-refractivity contribution >= 4 is 5.57 Å². The van der Waals surface area contributed by atoms with Gasteiger partial charge in [0.2, 0.25) is 0 Å². The maximum Gasteiger partial charge on any atom is 0.0818 e. The first-order valence-electron chi connectivity index (χ1n) is 10.7. The molecule has 0 N–H and O–H groups in total. The number of allylic oxidation sites excluding steroid dienone is 8. The molecule has 0 atom stereocenters. The quantitative estimate of drug-likeness (QED) is 0.352. The van der Waals surface area contributed by atoms with Crippen molar-refractivity contribution in [3.8, 4) is 0 Å². The Balaban J connectivity index is 0.000000378. The predicted molar refractivity (Wildman–Crippen MR) is 128 cm³/mol. The number of nitrogens with zero attached hydrogens (tertiary/aromatic N) is 1. The summed E-state index contributed by atoms with van der Waals surface area (Å²) in [6.45, 7) is 15.7. The van der Waals surface area contributed by atoms with Gasteiger partial charge in [-0.1, -0.05) is 75.9 Å². The smallest absolute Gasteiger partial charge is 0.0818 e. The van der Waals surface area contributed by atoms with Crippen LogP contribution in [0.15, 0.2) is 89.8 Å². The topological polar surface area (TPSA) is 29.4 Å². The van der Waals surface area contributed by atoms with E-state index in [9.17, 15) is 4.91 Å². The highest BCUT2D eigenvalue weighted by atomic mass is 16.3. The van der Waals surface area contributed by atoms with Crippen molar-refractivity contribution in [3.63, 3.8) is 0 Å². The SMILES string of the molecule is C1CC2CCC12.C=C/C(=C\C(=C)/C(C)=C/C=C(\C)N=O)c1ccccc1.CCC. The second-order valence-corrected chi connectivity index (χ2v) is 7.83. The van der Waals surface area contributed by atoms with E-state index >= 15 is 0 Å². The van der Waals surface area contributed by atoms with Crippen LogP contribution in [0.2, 0.25) is 0 Å². The molecule has 2 saturated carbocycles. The molecule has 0 aromatic heterocycles. The zero-order valence-corrected chi connectivity index (χ0v) is 18.7. The minimum absolute atomic E-state index is 0.438. The van der Waals surface area contributed by atoms with Crippen LogP contribution in [0.5, 0.6) is 0 Å². The van der Waals surface area contributed by atoms with Gasteiger partial charge in [-0.05, 0) is 91.0 Å². The molecule has 156 valence electrons. The van der Waals surface area contributed by atoms with E-state index in [0.717, 1.165) is 22.3 Å². The summed E-state index contributed by atoms with van der Waals surface area (Å²) in [7, 11) is 0. The number of benzene rings is 1. The van der Waals surface area contributed by atoms with Gasteiger partial charge < -0.3 is 0 Å². The van der Waals surface area contributed by atoms with Gasteiger partial charge in [-0.25, -0.2) is 0 Å². The number of rotatable bonds is 6. The predicted octanol–water partition coefficient (Wildman–Crippen LogP) is 8.65. The molecule has 1 aromatic rings. The molecule has 2 aliphatic rings. The molecule has 2 heteroatoms. The standard InChI is InChI=1S/C18H19NO.C6H10.C3H8/c1-5-17(18-9-7-6-8-10-18)13-15(3)14(2)11-12-16(4)19-20;1-2-6-4-3-5(1)6;1-3-2/h5-13H,1,3H2,2,4H3;5-6H,1-4H2;3H2,1-2H3/b14-11+,16-12+,17-13+;;. The van der Waals surface area contributed by atoms with Crippen molar-refractivity contribution in [3.05, 3.63) is 95.1 Å². The van der Waals surface area contributed by atoms with Gasteiger partial charge in [0.1, 0.15) is 0 Å². The Bertz CT molecular complexity index is 734. The minimum atomic E-state index is 0.438. The summed E-state index contributed by atoms with van der Waals surface area (Å²) >= 11 is 0. The van der Waals surface area contributed by atoms with E-state index in [1.165, 1.54) is 18.3 Å². The van der Waals surface area contributed by atoms with Crippen LogP contribution >= 0.6 is 0 Å². The van der Waals surface area contributed by atoms with Gasteiger partial charge in [0.25, 0.3) is 0 Å². The van der Waals surface area contributed by atoms with E-state index in [1.54, 1.807) is 38.7 Å². The van der Waals surface area contributed by atoms with E-state index in [2.05, 4.69) is 32.2 Å². The van der Waals surface area contributed by atoms with Crippen LogP contribution in [-0.2, 0) is 0 Å². The first-order valence-corrected chi connectivity index (χ1v) is 10.7. The Kier molecular flexibility index (Phi) is 11.6. The Morgan fingerprint density at radius 2 is 1.55 bits per heavy atom. The zero-order valence-electron chi connectivity index (χ0n) is 18.7. The van der Waals surface area contributed by atoms with Gasteiger partial charge in [-0.3, -0.25) is 0 Å². The first-order chi connectivity index (χ1) is 14.0. The van der Waals surface area contributed by atoms with Gasteiger partial charge in [-0.2, -0.15) is 0 Å². The Labute approximate surface area is 177 Å². The van der Waals surface area contributed by atoms with Crippen LogP contribution in [0.25, 0.3) is 5.57 Å². The molecular formula is C27H37NO. The molecule has 1 aromatic carbocycles. The van der Waals surface area contributed by atoms with Gasteiger partial charge in [0.15, 0.2) is 0 Å². The second kappa shape index (κ2) is 13.7. The number of hydrogen-bond donors (Lipinski definition) is 0. The lowest BCUT2D eigenvalue weighted by Crippen LogP contribution is -2.34. The molecule has 29 heavy (non-hydrogen) atoms. The molecule has 2 aliphatic carbocycles. The van der Waals surface area contributed by atoms with Crippen molar-refractivity contribution in [1.82, 2.24) is 0 Å². The highest BCUT2D eigenvalue weighted by Gasteiger charge is 2.37. The number of hydrogen-bond acceptors (Lipinski definition) is 2. The van der Waals surface area contributed by atoms with E-state index in [-0.39, 0.29) is 0 Å². The van der Waals surface area contributed by atoms with Crippen molar-refractivity contribution in [2.24, 2.45) is 17.0 Å². The Morgan fingerprint density at radius 3 is 1.93 bits per heavy atom. The Hall–Kier alpha value is -2.48. The van der Waals surface area contributed by atoms with Crippen LogP contribution < -0.4 is 0 Å². The summed E-state index contributed by atoms with van der Waals surface area (Å²) in [4.78, 5) is 10.3. The summed E-state index contributed by atoms with van der Waals surface area (Å²) in [6, 6.07) is 10.0. The maximum atomic E-state index is 10.3. The van der Waals surface area contributed by atoms with Gasteiger partial charge in [-0.15, -0.1) is 4.91 Å². The van der Waals surface area contributed by atoms with Gasteiger partial charge >= 0.3 is 0 Å². The molecule has 2 fully saturated rings. The normalized spacial score (nSPS) is 20.3. The number of nitroso groups, excluding NO2 is 1. The second-order valence-electron chi connectivity index (χ2n) is 7.83. The molecule has 0 heterocycles. The third kappa shape index (κ3) is 8.60. The van der Waals surface area contributed by atoms with E-state index in [4.69, 9.17) is 0 Å². The van der Waals surface area contributed by atoms with Gasteiger partial charge in [0, 0.05) is 0 Å². The lowest BCUT2D eigenvalue weighted by atomic mass is 9.60. The molecule has 0 saturated heterocycles. The van der Waals surface area contributed by atoms with Crippen molar-refractivity contribution in [1.29, 1.82) is 0 Å². The third-order valence-electron chi connectivity index (χ3n) is 5.36. The monoisotopic (exact) mass is 391 g/mol. The van der Waals surface area contributed by atoms with Crippen LogP contribution in [0.1, 0.15) is 65.4 Å². The molecule has 0 radical (unpaired) electrons. The zero-order chi connectivity index (χ0) is 21.6. The lowest BCUT2D eigenvalue weighted by Gasteiger charge is -2.46. The Morgan fingerprint density at radius 1 is 1.03 bits per heavy atom. The average Bonchev–Trinajstić information content (AvgIpc) is 2.73. The lowest BCUT2D eigenvalue weighted by molar-refractivity contribution is 0.0548. The summed E-state index contributed by atoms with van der Waals surface area (Å²) < 4.78 is 0. The van der Waals surface area contributed by atoms with E-state index < -0.39 is 0 Å².